The third-order valence-electron chi connectivity index (χ3n) is 4.01. The molecule has 4 nitrogen and oxygen atoms in total. The molecule has 0 fully saturated rings. The number of esters is 1. The van der Waals surface area contributed by atoms with Gasteiger partial charge in [-0.15, -0.1) is 0 Å². The number of carbonyl (C=O) groups excluding carboxylic acids is 2. The quantitative estimate of drug-likeness (QED) is 0.755. The Bertz CT molecular complexity index is 801. The van der Waals surface area contributed by atoms with Crippen molar-refractivity contribution in [1.82, 2.24) is 5.32 Å². The molecule has 0 aliphatic heterocycles. The minimum absolute atomic E-state index is 0.278. The van der Waals surface area contributed by atoms with Crippen LogP contribution in [0.15, 0.2) is 48.5 Å². The summed E-state index contributed by atoms with van der Waals surface area (Å²) in [6, 6.07) is 11.6. The van der Waals surface area contributed by atoms with Crippen molar-refractivity contribution in [1.29, 1.82) is 0 Å². The number of alkyl halides is 3. The van der Waals surface area contributed by atoms with Crippen molar-refractivity contribution in [3.63, 3.8) is 0 Å². The fourth-order valence-corrected chi connectivity index (χ4v) is 2.57. The lowest BCUT2D eigenvalue weighted by molar-refractivity contribution is -0.138. The van der Waals surface area contributed by atoms with Crippen LogP contribution in [0.2, 0.25) is 0 Å². The zero-order valence-electron chi connectivity index (χ0n) is 15.0. The molecule has 144 valence electrons. The van der Waals surface area contributed by atoms with Crippen LogP contribution in [0.25, 0.3) is 0 Å². The number of halogens is 3. The van der Waals surface area contributed by atoms with Crippen LogP contribution >= 0.6 is 0 Å². The van der Waals surface area contributed by atoms with Gasteiger partial charge in [0.25, 0.3) is 5.91 Å². The van der Waals surface area contributed by atoms with Gasteiger partial charge in [0.1, 0.15) is 0 Å². The summed E-state index contributed by atoms with van der Waals surface area (Å²) in [4.78, 5) is 24.0. The Balaban J connectivity index is 1.99. The lowest BCUT2D eigenvalue weighted by atomic mass is 10.0. The van der Waals surface area contributed by atoms with Crippen LogP contribution in [0, 0.1) is 6.92 Å². The molecule has 2 aromatic rings. The summed E-state index contributed by atoms with van der Waals surface area (Å²) in [5.74, 6) is -1.78. The van der Waals surface area contributed by atoms with Crippen molar-refractivity contribution in [3.05, 3.63) is 70.8 Å². The van der Waals surface area contributed by atoms with Crippen LogP contribution in [-0.4, -0.2) is 18.5 Å². The molecule has 2 rings (SSSR count). The summed E-state index contributed by atoms with van der Waals surface area (Å²) in [7, 11) is 0. The van der Waals surface area contributed by atoms with E-state index in [0.717, 1.165) is 23.3 Å². The van der Waals surface area contributed by atoms with E-state index in [-0.39, 0.29) is 6.04 Å². The van der Waals surface area contributed by atoms with Crippen LogP contribution in [0.5, 0.6) is 0 Å². The summed E-state index contributed by atoms with van der Waals surface area (Å²) in [6.45, 7) is 3.17. The van der Waals surface area contributed by atoms with Gasteiger partial charge in [0.15, 0.2) is 6.61 Å². The van der Waals surface area contributed by atoms with Gasteiger partial charge in [-0.25, -0.2) is 4.79 Å². The second-order valence-corrected chi connectivity index (χ2v) is 6.06. The number of carbonyl (C=O) groups is 2. The maximum Gasteiger partial charge on any atom is 0.417 e. The minimum Gasteiger partial charge on any atom is -0.452 e. The van der Waals surface area contributed by atoms with Crippen molar-refractivity contribution >= 4 is 11.9 Å². The van der Waals surface area contributed by atoms with E-state index in [9.17, 15) is 22.8 Å². The second kappa shape index (κ2) is 8.70. The number of amides is 1. The van der Waals surface area contributed by atoms with Crippen LogP contribution in [-0.2, 0) is 15.7 Å². The molecule has 0 saturated carbocycles. The van der Waals surface area contributed by atoms with Gasteiger partial charge in [0.2, 0.25) is 0 Å². The predicted molar refractivity (Wildman–Crippen MR) is 94.1 cm³/mol. The Morgan fingerprint density at radius 3 is 2.30 bits per heavy atom. The molecule has 0 aromatic heterocycles. The molecule has 0 radical (unpaired) electrons. The van der Waals surface area contributed by atoms with E-state index < -0.39 is 35.8 Å². The van der Waals surface area contributed by atoms with Crippen LogP contribution in [0.4, 0.5) is 13.2 Å². The number of ether oxygens (including phenoxy) is 1. The third kappa shape index (κ3) is 5.57. The Morgan fingerprint density at radius 2 is 1.70 bits per heavy atom. The first kappa shape index (κ1) is 20.5. The Labute approximate surface area is 155 Å². The molecule has 2 aromatic carbocycles. The summed E-state index contributed by atoms with van der Waals surface area (Å²) in [5.41, 5.74) is 0.257. The number of hydrogen-bond acceptors (Lipinski definition) is 3. The summed E-state index contributed by atoms with van der Waals surface area (Å²) < 4.78 is 43.6. The highest BCUT2D eigenvalue weighted by Gasteiger charge is 2.35. The largest absolute Gasteiger partial charge is 0.452 e. The molecule has 0 bridgehead atoms. The van der Waals surface area contributed by atoms with Gasteiger partial charge in [0.05, 0.1) is 17.2 Å². The van der Waals surface area contributed by atoms with E-state index in [0.29, 0.717) is 6.42 Å². The molecular weight excluding hydrogens is 359 g/mol. The Hall–Kier alpha value is -2.83. The minimum atomic E-state index is -4.68. The molecule has 1 amide bonds. The van der Waals surface area contributed by atoms with Gasteiger partial charge in [0, 0.05) is 0 Å². The van der Waals surface area contributed by atoms with Crippen molar-refractivity contribution < 1.29 is 27.5 Å². The number of nitrogens with one attached hydrogen (secondary N) is 1. The molecule has 7 heteroatoms. The fraction of sp³-hybridized carbons (Fsp3) is 0.300. The molecule has 0 spiro atoms. The van der Waals surface area contributed by atoms with Gasteiger partial charge < -0.3 is 10.1 Å². The van der Waals surface area contributed by atoms with Gasteiger partial charge >= 0.3 is 12.1 Å². The van der Waals surface area contributed by atoms with Crippen molar-refractivity contribution in [2.45, 2.75) is 32.5 Å². The normalized spacial score (nSPS) is 12.3. The van der Waals surface area contributed by atoms with Crippen molar-refractivity contribution in [2.75, 3.05) is 6.61 Å². The molecule has 0 saturated heterocycles. The van der Waals surface area contributed by atoms with E-state index >= 15 is 0 Å². The molecular formula is C20H20F3NO3. The summed E-state index contributed by atoms with van der Waals surface area (Å²) >= 11 is 0. The molecule has 27 heavy (non-hydrogen) atoms. The zero-order valence-corrected chi connectivity index (χ0v) is 15.0. The van der Waals surface area contributed by atoms with Crippen molar-refractivity contribution in [3.8, 4) is 0 Å². The second-order valence-electron chi connectivity index (χ2n) is 6.06. The SMILES string of the molecule is CC[C@H](NC(=O)COC(=O)c1ccccc1C(F)(F)F)c1ccc(C)cc1. The number of hydrogen-bond donors (Lipinski definition) is 1. The maximum absolute atomic E-state index is 13.0. The number of aryl methyl sites for hydroxylation is 1. The highest BCUT2D eigenvalue weighted by molar-refractivity contribution is 5.93. The van der Waals surface area contributed by atoms with Gasteiger partial charge in [-0.1, -0.05) is 48.9 Å². The first-order valence-electron chi connectivity index (χ1n) is 8.41. The van der Waals surface area contributed by atoms with E-state index in [1.165, 1.54) is 12.1 Å². The lowest BCUT2D eigenvalue weighted by Gasteiger charge is -2.18. The number of benzene rings is 2. The fourth-order valence-electron chi connectivity index (χ4n) is 2.57. The van der Waals surface area contributed by atoms with Crippen molar-refractivity contribution in [2.24, 2.45) is 0 Å². The first-order chi connectivity index (χ1) is 12.7. The smallest absolute Gasteiger partial charge is 0.417 e. The topological polar surface area (TPSA) is 55.4 Å². The molecule has 1 atom stereocenters. The summed E-state index contributed by atoms with van der Waals surface area (Å²) in [5, 5.41) is 2.72. The van der Waals surface area contributed by atoms with E-state index in [1.807, 2.05) is 38.1 Å². The summed E-state index contributed by atoms with van der Waals surface area (Å²) in [6.07, 6.45) is -4.07. The van der Waals surface area contributed by atoms with E-state index in [1.54, 1.807) is 0 Å². The molecule has 0 aliphatic rings. The monoisotopic (exact) mass is 379 g/mol. The predicted octanol–water partition coefficient (Wildman–Crippen LogP) is 4.44. The molecule has 0 aliphatic carbocycles. The maximum atomic E-state index is 13.0. The highest BCUT2D eigenvalue weighted by atomic mass is 19.4. The number of rotatable bonds is 6. The molecule has 0 heterocycles. The zero-order chi connectivity index (χ0) is 20.0. The van der Waals surface area contributed by atoms with Gasteiger partial charge in [-0.3, -0.25) is 4.79 Å². The lowest BCUT2D eigenvalue weighted by Crippen LogP contribution is -2.32. The average molecular weight is 379 g/mol. The first-order valence-corrected chi connectivity index (χ1v) is 8.41. The van der Waals surface area contributed by atoms with Gasteiger partial charge in [-0.2, -0.15) is 13.2 Å². The Morgan fingerprint density at radius 1 is 1.07 bits per heavy atom. The van der Waals surface area contributed by atoms with Crippen LogP contribution in [0.3, 0.4) is 0 Å². The average Bonchev–Trinajstić information content (AvgIpc) is 2.64. The standard InChI is InChI=1S/C20H20F3NO3/c1-3-17(14-10-8-13(2)9-11-14)24-18(25)12-27-19(26)15-6-4-5-7-16(15)20(21,22)23/h4-11,17H,3,12H2,1-2H3,(H,24,25)/t17-/m0/s1. The van der Waals surface area contributed by atoms with Crippen LogP contribution < -0.4 is 5.32 Å². The van der Waals surface area contributed by atoms with Gasteiger partial charge in [-0.05, 0) is 31.0 Å². The highest BCUT2D eigenvalue weighted by Crippen LogP contribution is 2.32. The molecule has 0 unspecified atom stereocenters. The van der Waals surface area contributed by atoms with E-state index in [2.05, 4.69) is 5.32 Å². The van der Waals surface area contributed by atoms with E-state index in [4.69, 9.17) is 4.74 Å². The third-order valence-corrected chi connectivity index (χ3v) is 4.01. The Kier molecular flexibility index (Phi) is 6.60. The van der Waals surface area contributed by atoms with Crippen LogP contribution in [0.1, 0.15) is 46.4 Å². The molecule has 1 N–H and O–H groups in total.